The van der Waals surface area contributed by atoms with E-state index in [4.69, 9.17) is 0 Å². The monoisotopic (exact) mass is 436 g/mol. The largest absolute Gasteiger partial charge is 0.330 e. The van der Waals surface area contributed by atoms with E-state index in [1.54, 1.807) is 46.3 Å². The molecule has 0 spiro atoms. The Labute approximate surface area is 189 Å². The predicted molar refractivity (Wildman–Crippen MR) is 127 cm³/mol. The molecular weight excluding hydrogens is 404 g/mol. The van der Waals surface area contributed by atoms with Gasteiger partial charge in [0.15, 0.2) is 5.82 Å². The van der Waals surface area contributed by atoms with Crippen molar-refractivity contribution in [3.8, 4) is 0 Å². The fraction of sp³-hybridized carbons (Fsp3) is 0.458. The molecule has 2 aliphatic rings. The third kappa shape index (κ3) is 4.61. The number of rotatable bonds is 5. The number of piperidine rings is 1. The SMILES string of the molecule is CN(C)CC1CCCCN1CCN(C)C(=O)N1c2ccccc2C(=O)Nc2cccnc21. The third-order valence-electron chi connectivity index (χ3n) is 6.20. The van der Waals surface area contributed by atoms with E-state index in [1.165, 1.54) is 19.3 Å². The Kier molecular flexibility index (Phi) is 6.72. The van der Waals surface area contributed by atoms with Crippen molar-refractivity contribution in [1.29, 1.82) is 0 Å². The first-order valence-corrected chi connectivity index (χ1v) is 11.2. The highest BCUT2D eigenvalue weighted by Gasteiger charge is 2.32. The van der Waals surface area contributed by atoms with Crippen molar-refractivity contribution < 1.29 is 9.59 Å². The zero-order chi connectivity index (χ0) is 22.7. The lowest BCUT2D eigenvalue weighted by molar-refractivity contribution is 0.102. The lowest BCUT2D eigenvalue weighted by atomic mass is 10.0. The van der Waals surface area contributed by atoms with Crippen LogP contribution in [0.25, 0.3) is 0 Å². The van der Waals surface area contributed by atoms with Gasteiger partial charge in [-0.1, -0.05) is 18.6 Å². The average Bonchev–Trinajstić information content (AvgIpc) is 2.91. The van der Waals surface area contributed by atoms with Gasteiger partial charge < -0.3 is 15.1 Å². The zero-order valence-corrected chi connectivity index (χ0v) is 19.1. The van der Waals surface area contributed by atoms with Gasteiger partial charge in [-0.05, 0) is 57.7 Å². The number of benzene rings is 1. The lowest BCUT2D eigenvalue weighted by Crippen LogP contribution is -2.49. The Morgan fingerprint density at radius 3 is 2.78 bits per heavy atom. The molecule has 1 atom stereocenters. The van der Waals surface area contributed by atoms with E-state index in [9.17, 15) is 9.59 Å². The Morgan fingerprint density at radius 2 is 1.97 bits per heavy atom. The topological polar surface area (TPSA) is 72.0 Å². The molecule has 3 heterocycles. The van der Waals surface area contributed by atoms with Crippen LogP contribution in [-0.2, 0) is 0 Å². The van der Waals surface area contributed by atoms with Crippen LogP contribution in [0.3, 0.4) is 0 Å². The van der Waals surface area contributed by atoms with Gasteiger partial charge in [0, 0.05) is 38.9 Å². The molecule has 4 rings (SSSR count). The van der Waals surface area contributed by atoms with Crippen LogP contribution in [0.15, 0.2) is 42.6 Å². The highest BCUT2D eigenvalue weighted by atomic mass is 16.2. The summed E-state index contributed by atoms with van der Waals surface area (Å²) in [5.41, 5.74) is 1.52. The van der Waals surface area contributed by atoms with E-state index < -0.39 is 0 Å². The van der Waals surface area contributed by atoms with Crippen molar-refractivity contribution in [3.63, 3.8) is 0 Å². The molecule has 2 aliphatic heterocycles. The molecule has 1 unspecified atom stereocenters. The van der Waals surface area contributed by atoms with Crippen LogP contribution in [0.4, 0.5) is 22.0 Å². The van der Waals surface area contributed by atoms with E-state index >= 15 is 0 Å². The van der Waals surface area contributed by atoms with Gasteiger partial charge in [0.1, 0.15) is 0 Å². The third-order valence-corrected chi connectivity index (χ3v) is 6.20. The molecular formula is C24H32N6O2. The van der Waals surface area contributed by atoms with E-state index in [0.717, 1.165) is 19.6 Å². The first-order valence-electron chi connectivity index (χ1n) is 11.2. The number of nitrogens with zero attached hydrogens (tertiary/aromatic N) is 5. The second kappa shape index (κ2) is 9.67. The van der Waals surface area contributed by atoms with E-state index in [0.29, 0.717) is 35.3 Å². The minimum atomic E-state index is -0.243. The number of likely N-dealkylation sites (N-methyl/N-ethyl adjacent to an activating group) is 2. The summed E-state index contributed by atoms with van der Waals surface area (Å²) < 4.78 is 0. The summed E-state index contributed by atoms with van der Waals surface area (Å²) in [6.07, 6.45) is 5.29. The number of likely N-dealkylation sites (tertiary alicyclic amines) is 1. The van der Waals surface area contributed by atoms with Crippen molar-refractivity contribution in [1.82, 2.24) is 19.7 Å². The van der Waals surface area contributed by atoms with Gasteiger partial charge >= 0.3 is 6.03 Å². The number of hydrogen-bond acceptors (Lipinski definition) is 5. The normalized spacial score (nSPS) is 18.6. The van der Waals surface area contributed by atoms with Crippen molar-refractivity contribution in [2.24, 2.45) is 0 Å². The van der Waals surface area contributed by atoms with Gasteiger partial charge in [-0.3, -0.25) is 9.69 Å². The van der Waals surface area contributed by atoms with Crippen LogP contribution in [0, 0.1) is 0 Å². The van der Waals surface area contributed by atoms with Crippen molar-refractivity contribution >= 4 is 29.1 Å². The number of hydrogen-bond donors (Lipinski definition) is 1. The molecule has 8 nitrogen and oxygen atoms in total. The quantitative estimate of drug-likeness (QED) is 0.779. The molecule has 170 valence electrons. The number of nitrogens with one attached hydrogen (secondary N) is 1. The number of aromatic nitrogens is 1. The number of anilines is 3. The molecule has 8 heteroatoms. The maximum atomic E-state index is 13.7. The molecule has 0 radical (unpaired) electrons. The van der Waals surface area contributed by atoms with Gasteiger partial charge in [0.2, 0.25) is 0 Å². The predicted octanol–water partition coefficient (Wildman–Crippen LogP) is 3.25. The first kappa shape index (κ1) is 22.2. The Morgan fingerprint density at radius 1 is 1.16 bits per heavy atom. The fourth-order valence-electron chi connectivity index (χ4n) is 4.56. The second-order valence-electron chi connectivity index (χ2n) is 8.83. The second-order valence-corrected chi connectivity index (χ2v) is 8.83. The van der Waals surface area contributed by atoms with Crippen LogP contribution in [0.2, 0.25) is 0 Å². The van der Waals surface area contributed by atoms with Crippen molar-refractivity contribution in [3.05, 3.63) is 48.2 Å². The average molecular weight is 437 g/mol. The molecule has 2 aromatic rings. The molecule has 0 bridgehead atoms. The van der Waals surface area contributed by atoms with Crippen LogP contribution < -0.4 is 10.2 Å². The van der Waals surface area contributed by atoms with Crippen LogP contribution in [0.5, 0.6) is 0 Å². The molecule has 0 saturated carbocycles. The van der Waals surface area contributed by atoms with Gasteiger partial charge in [-0.15, -0.1) is 0 Å². The molecule has 0 aliphatic carbocycles. The minimum absolute atomic E-state index is 0.199. The molecule has 32 heavy (non-hydrogen) atoms. The Balaban J connectivity index is 1.56. The van der Waals surface area contributed by atoms with E-state index in [-0.39, 0.29) is 11.9 Å². The summed E-state index contributed by atoms with van der Waals surface area (Å²) >= 11 is 0. The van der Waals surface area contributed by atoms with Crippen LogP contribution in [0.1, 0.15) is 29.6 Å². The number of carbonyl (C=O) groups excluding carboxylic acids is 2. The Hall–Kier alpha value is -2.97. The highest BCUT2D eigenvalue weighted by molar-refractivity contribution is 6.16. The summed E-state index contributed by atoms with van der Waals surface area (Å²) in [5.74, 6) is 0.193. The minimum Gasteiger partial charge on any atom is -0.326 e. The highest BCUT2D eigenvalue weighted by Crippen LogP contribution is 2.36. The smallest absolute Gasteiger partial charge is 0.326 e. The van der Waals surface area contributed by atoms with Crippen LogP contribution >= 0.6 is 0 Å². The summed E-state index contributed by atoms with van der Waals surface area (Å²) in [5, 5.41) is 2.88. The number of pyridine rings is 1. The molecule has 3 amide bonds. The van der Waals surface area contributed by atoms with Gasteiger partial charge in [-0.25, -0.2) is 14.7 Å². The van der Waals surface area contributed by atoms with E-state index in [2.05, 4.69) is 34.2 Å². The number of fused-ring (bicyclic) bond motifs is 2. The maximum Gasteiger partial charge on any atom is 0.330 e. The molecule has 1 aromatic carbocycles. The number of carbonyl (C=O) groups is 2. The Bertz CT molecular complexity index is 978. The first-order chi connectivity index (χ1) is 15.5. The zero-order valence-electron chi connectivity index (χ0n) is 19.1. The lowest BCUT2D eigenvalue weighted by Gasteiger charge is -2.38. The number of urea groups is 1. The van der Waals surface area contributed by atoms with Crippen LogP contribution in [-0.4, -0.2) is 85.0 Å². The molecule has 1 saturated heterocycles. The summed E-state index contributed by atoms with van der Waals surface area (Å²) in [6, 6.07) is 11.0. The van der Waals surface area contributed by atoms with Crippen molar-refractivity contribution in [2.75, 3.05) is 57.5 Å². The van der Waals surface area contributed by atoms with Gasteiger partial charge in [0.25, 0.3) is 5.91 Å². The standard InChI is InChI=1S/C24H32N6O2/c1-27(2)17-18-9-6-7-14-29(18)16-15-28(3)24(32)30-21-12-5-4-10-19(21)23(31)26-20-11-8-13-25-22(20)30/h4-5,8,10-13,18H,6-7,9,14-17H2,1-3H3,(H,26,31). The summed E-state index contributed by atoms with van der Waals surface area (Å²) in [7, 11) is 6.04. The maximum absolute atomic E-state index is 13.7. The van der Waals surface area contributed by atoms with E-state index in [1.807, 2.05) is 13.1 Å². The van der Waals surface area contributed by atoms with Gasteiger partial charge in [-0.2, -0.15) is 0 Å². The fourth-order valence-corrected chi connectivity index (χ4v) is 4.56. The number of amides is 3. The molecule has 1 N–H and O–H groups in total. The van der Waals surface area contributed by atoms with Gasteiger partial charge in [0.05, 0.1) is 16.9 Å². The molecule has 1 aromatic heterocycles. The van der Waals surface area contributed by atoms with Crippen molar-refractivity contribution in [2.45, 2.75) is 25.3 Å². The summed E-state index contributed by atoms with van der Waals surface area (Å²) in [4.78, 5) is 38.9. The summed E-state index contributed by atoms with van der Waals surface area (Å²) in [6.45, 7) is 3.52. The number of para-hydroxylation sites is 1. The molecule has 1 fully saturated rings.